The molecule has 0 saturated carbocycles. The van der Waals surface area contributed by atoms with Crippen LogP contribution >= 0.6 is 11.8 Å². The Morgan fingerprint density at radius 2 is 1.47 bits per heavy atom. The van der Waals surface area contributed by atoms with Gasteiger partial charge in [0, 0.05) is 36.5 Å². The van der Waals surface area contributed by atoms with E-state index in [2.05, 4.69) is 33.8 Å². The number of ether oxygens (including phenoxy) is 6. The van der Waals surface area contributed by atoms with Gasteiger partial charge in [-0.15, -0.1) is 11.8 Å². The number of methoxy groups -OCH3 is 1. The number of rotatable bonds is 28. The highest BCUT2D eigenvalue weighted by molar-refractivity contribution is 8.01. The number of aliphatic hydroxyl groups excluding tert-OH is 2. The van der Waals surface area contributed by atoms with Crippen LogP contribution in [-0.2, 0) is 46.5 Å². The molecule has 0 bridgehead atoms. The number of Topliss-reactive ketones (excluding diaryl/α,β-unsaturated/α-hetero) is 1. The Hall–Kier alpha value is -1.88. The summed E-state index contributed by atoms with van der Waals surface area (Å²) in [5.41, 5.74) is 0.912. The van der Waals surface area contributed by atoms with E-state index in [0.29, 0.717) is 102 Å². The first-order valence-corrected chi connectivity index (χ1v) is 15.4. The van der Waals surface area contributed by atoms with Crippen molar-refractivity contribution in [3.8, 4) is 5.75 Å². The molecule has 0 fully saturated rings. The predicted molar refractivity (Wildman–Crippen MR) is 163 cm³/mol. The third-order valence-corrected chi connectivity index (χ3v) is 7.16. The van der Waals surface area contributed by atoms with Crippen molar-refractivity contribution < 1.29 is 48.2 Å². The van der Waals surface area contributed by atoms with Gasteiger partial charge in [0.25, 0.3) is 0 Å². The monoisotopic (exact) mass is 633 g/mol. The second-order valence-corrected chi connectivity index (χ2v) is 11.9. The molecule has 13 nitrogen and oxygen atoms in total. The number of ketones is 1. The average molecular weight is 634 g/mol. The van der Waals surface area contributed by atoms with Gasteiger partial charge in [0.1, 0.15) is 12.4 Å². The Labute approximate surface area is 259 Å². The summed E-state index contributed by atoms with van der Waals surface area (Å²) >= 11 is 1.63. The molecule has 1 rings (SSSR count). The third-order valence-electron chi connectivity index (χ3n) is 5.78. The fraction of sp³-hybridized carbons (Fsp3) is 0.759. The number of pyridine rings is 1. The van der Waals surface area contributed by atoms with Gasteiger partial charge in [-0.3, -0.25) is 14.6 Å². The summed E-state index contributed by atoms with van der Waals surface area (Å²) in [6.07, 6.45) is 0.234. The molecule has 0 atom stereocenters. The molecule has 43 heavy (non-hydrogen) atoms. The Bertz CT molecular complexity index is 872. The zero-order chi connectivity index (χ0) is 31.8. The summed E-state index contributed by atoms with van der Waals surface area (Å²) in [5.74, 6) is 0.832. The summed E-state index contributed by atoms with van der Waals surface area (Å²) in [4.78, 5) is 29.5. The number of hydrogen-bond acceptors (Lipinski definition) is 14. The molecule has 1 heterocycles. The molecule has 0 aliphatic carbocycles. The Kier molecular flexibility index (Phi) is 22.3. The van der Waals surface area contributed by atoms with Crippen LogP contribution in [0.3, 0.4) is 0 Å². The number of aliphatic hydroxyl groups is 2. The molecule has 0 amide bonds. The lowest BCUT2D eigenvalue weighted by atomic mass is 10.2. The molecule has 0 aliphatic rings. The average Bonchev–Trinajstić information content (AvgIpc) is 2.99. The summed E-state index contributed by atoms with van der Waals surface area (Å²) in [6, 6.07) is 3.33. The minimum atomic E-state index is -0.295. The number of likely N-dealkylation sites (N-methyl/N-ethyl adjacent to an activating group) is 1. The molecule has 0 spiro atoms. The van der Waals surface area contributed by atoms with Crippen molar-refractivity contribution in [1.82, 2.24) is 15.2 Å². The van der Waals surface area contributed by atoms with Gasteiger partial charge in [-0.2, -0.15) is 0 Å². The van der Waals surface area contributed by atoms with E-state index in [1.54, 1.807) is 23.9 Å². The zero-order valence-electron chi connectivity index (χ0n) is 26.1. The van der Waals surface area contributed by atoms with Crippen LogP contribution in [0.1, 0.15) is 31.7 Å². The molecule has 0 radical (unpaired) electrons. The lowest BCUT2D eigenvalue weighted by Crippen LogP contribution is -2.37. The highest BCUT2D eigenvalue weighted by Gasteiger charge is 2.22. The van der Waals surface area contributed by atoms with Gasteiger partial charge in [0.05, 0.1) is 103 Å². The van der Waals surface area contributed by atoms with E-state index in [9.17, 15) is 19.8 Å². The topological polar surface area (TPSA) is 158 Å². The number of esters is 1. The van der Waals surface area contributed by atoms with Gasteiger partial charge in [0.15, 0.2) is 5.78 Å². The molecule has 0 aromatic carbocycles. The smallest absolute Gasteiger partial charge is 0.307 e. The maximum atomic E-state index is 12.3. The molecule has 0 saturated heterocycles. The maximum Gasteiger partial charge on any atom is 0.307 e. The molecule has 14 heteroatoms. The van der Waals surface area contributed by atoms with Gasteiger partial charge in [-0.05, 0) is 20.9 Å². The van der Waals surface area contributed by atoms with Crippen LogP contribution in [0, 0.1) is 0 Å². The quantitative estimate of drug-likeness (QED) is 0.0874. The fourth-order valence-electron chi connectivity index (χ4n) is 3.68. The minimum Gasteiger partial charge on any atom is -0.492 e. The summed E-state index contributed by atoms with van der Waals surface area (Å²) in [5, 5.41) is 21.7. The number of nitrogens with one attached hydrogen (secondary N) is 1. The van der Waals surface area contributed by atoms with Crippen LogP contribution in [0.15, 0.2) is 12.1 Å². The Morgan fingerprint density at radius 3 is 2.02 bits per heavy atom. The SMILES string of the molecule is COC(=O)CCOCCOCCOCCOCCNCC(=O)CSC(C)(C)CN(C)CCOc1cc(CO)nc(CO)c1. The Balaban J connectivity index is 1.99. The van der Waals surface area contributed by atoms with Crippen LogP contribution in [0.25, 0.3) is 0 Å². The number of carbonyl (C=O) groups is 2. The molecular weight excluding hydrogens is 582 g/mol. The van der Waals surface area contributed by atoms with Crippen LogP contribution in [-0.4, -0.2) is 142 Å². The van der Waals surface area contributed by atoms with E-state index in [1.807, 2.05) is 7.05 Å². The summed E-state index contributed by atoms with van der Waals surface area (Å²) in [6.45, 7) is 10.1. The van der Waals surface area contributed by atoms with Crippen molar-refractivity contribution in [2.75, 3.05) is 106 Å². The van der Waals surface area contributed by atoms with Crippen molar-refractivity contribution in [3.05, 3.63) is 23.5 Å². The Morgan fingerprint density at radius 1 is 0.907 bits per heavy atom. The van der Waals surface area contributed by atoms with Crippen molar-refractivity contribution in [3.63, 3.8) is 0 Å². The highest BCUT2D eigenvalue weighted by atomic mass is 32.2. The van der Waals surface area contributed by atoms with Crippen molar-refractivity contribution in [2.24, 2.45) is 0 Å². The second-order valence-electron chi connectivity index (χ2n) is 10.2. The largest absolute Gasteiger partial charge is 0.492 e. The first-order chi connectivity index (χ1) is 20.7. The van der Waals surface area contributed by atoms with Crippen LogP contribution in [0.4, 0.5) is 0 Å². The van der Waals surface area contributed by atoms with Crippen molar-refractivity contribution in [1.29, 1.82) is 0 Å². The zero-order valence-corrected chi connectivity index (χ0v) is 27.0. The van der Waals surface area contributed by atoms with E-state index >= 15 is 0 Å². The number of hydrogen-bond donors (Lipinski definition) is 3. The van der Waals surface area contributed by atoms with Gasteiger partial charge in [0.2, 0.25) is 0 Å². The normalized spacial score (nSPS) is 11.7. The highest BCUT2D eigenvalue weighted by Crippen LogP contribution is 2.25. The number of aromatic nitrogens is 1. The van der Waals surface area contributed by atoms with Crippen LogP contribution < -0.4 is 10.1 Å². The minimum absolute atomic E-state index is 0.122. The van der Waals surface area contributed by atoms with Gasteiger partial charge in [-0.1, -0.05) is 0 Å². The predicted octanol–water partition coefficient (Wildman–Crippen LogP) is 0.677. The van der Waals surface area contributed by atoms with Gasteiger partial charge < -0.3 is 48.9 Å². The van der Waals surface area contributed by atoms with Crippen LogP contribution in [0.5, 0.6) is 5.75 Å². The molecule has 1 aromatic rings. The molecule has 3 N–H and O–H groups in total. The third kappa shape index (κ3) is 21.5. The van der Waals surface area contributed by atoms with Gasteiger partial charge >= 0.3 is 5.97 Å². The van der Waals surface area contributed by atoms with E-state index in [0.717, 1.165) is 6.54 Å². The van der Waals surface area contributed by atoms with Crippen molar-refractivity contribution in [2.45, 2.75) is 38.2 Å². The number of carbonyl (C=O) groups excluding carboxylic acids is 2. The van der Waals surface area contributed by atoms with E-state index in [-0.39, 0.29) is 36.1 Å². The second kappa shape index (κ2) is 24.4. The standard InChI is InChI=1S/C29H51N3O10S/c1-29(2,23-32(3)7-10-42-27-17-24(20-33)31-25(18-27)21-34)43-22-26(35)19-30-6-9-39-12-14-41-16-15-40-13-11-38-8-5-28(36)37-4/h17-18,30,33-34H,5-16,19-23H2,1-4H3. The van der Waals surface area contributed by atoms with E-state index in [4.69, 9.17) is 23.7 Å². The molecule has 1 aromatic heterocycles. The molecule has 0 unspecified atom stereocenters. The molecule has 248 valence electrons. The van der Waals surface area contributed by atoms with Crippen LogP contribution in [0.2, 0.25) is 0 Å². The lowest BCUT2D eigenvalue weighted by molar-refractivity contribution is -0.142. The number of nitrogens with zero attached hydrogens (tertiary/aromatic N) is 2. The van der Waals surface area contributed by atoms with E-state index < -0.39 is 0 Å². The van der Waals surface area contributed by atoms with Gasteiger partial charge in [-0.25, -0.2) is 0 Å². The summed E-state index contributed by atoms with van der Waals surface area (Å²) < 4.78 is 31.8. The fourth-order valence-corrected chi connectivity index (χ4v) is 4.64. The van der Waals surface area contributed by atoms with Crippen molar-refractivity contribution >= 4 is 23.5 Å². The molecular formula is C29H51N3O10S. The summed E-state index contributed by atoms with van der Waals surface area (Å²) in [7, 11) is 3.35. The molecule has 0 aliphatic heterocycles. The first kappa shape index (κ1) is 39.1. The first-order valence-electron chi connectivity index (χ1n) is 14.5. The van der Waals surface area contributed by atoms with E-state index in [1.165, 1.54) is 7.11 Å². The lowest BCUT2D eigenvalue weighted by Gasteiger charge is -2.29. The maximum absolute atomic E-state index is 12.3. The number of thioether (sulfide) groups is 1.